The smallest absolute Gasteiger partial charge is 0.245 e. The Morgan fingerprint density at radius 1 is 0.387 bits per heavy atom. The first-order valence-corrected chi connectivity index (χ1v) is 55.5. The summed E-state index contributed by atoms with van der Waals surface area (Å²) in [6.07, 6.45) is 14.9. The monoisotopic (exact) mass is 2060 g/mol. The topological polar surface area (TPSA) is 459 Å². The number of amides is 2. The van der Waals surface area contributed by atoms with Gasteiger partial charge in [0.05, 0.1) is 62.0 Å². The zero-order chi connectivity index (χ0) is 103. The van der Waals surface area contributed by atoms with Crippen molar-refractivity contribution in [2.75, 3.05) is 168 Å². The lowest BCUT2D eigenvalue weighted by Crippen LogP contribution is -2.60. The molecule has 10 fully saturated rings. The van der Waals surface area contributed by atoms with Crippen LogP contribution in [0, 0.1) is 0 Å². The van der Waals surface area contributed by atoms with Crippen molar-refractivity contribution in [3.63, 3.8) is 0 Å². The SMILES string of the molecule is CC(=O)c1ccc(S(=O)(=O)N2C(CCCCN(C)C)COC23CCN(C)CC3)cc1.CC(=O)c1ccc(S(=O)(=O)N2C(Cc3cnc[nH]3)C(=O)NC23CCN(C)CC3)cc1.CC(=O)c1ccc(S(=O)(=O)N2C(Cc3cnc[nH]3)C(=O)NC23CCNCC3)cc1.CC(=O)c1ccc(S(=O)(=O)N2CC(CN(C)C)OC23CCN(C)CC3)cc1.CC(=O)c1ccc(S(=O)(=O)N2CC(CN(C)C)OC23CCNCC3)cc1. The molecule has 142 heavy (non-hydrogen) atoms. The molecule has 10 aliphatic heterocycles. The van der Waals surface area contributed by atoms with Gasteiger partial charge in [0.2, 0.25) is 61.9 Å². The van der Waals surface area contributed by atoms with E-state index in [0.717, 1.165) is 65.1 Å². The third kappa shape index (κ3) is 24.9. The van der Waals surface area contributed by atoms with Crippen LogP contribution in [0.5, 0.6) is 0 Å². The van der Waals surface area contributed by atoms with Crippen molar-refractivity contribution < 1.29 is 89.9 Å². The number of H-pyrrole nitrogens is 2. The maximum atomic E-state index is 13.8. The summed E-state index contributed by atoms with van der Waals surface area (Å²) in [4.78, 5) is 111. The molecule has 10 saturated heterocycles. The zero-order valence-electron chi connectivity index (χ0n) is 83.7. The molecule has 39 nitrogen and oxygen atoms in total. The number of ether oxygens (including phenoxy) is 3. The minimum atomic E-state index is -4.01. The van der Waals surface area contributed by atoms with Gasteiger partial charge in [-0.05, 0) is 230 Å². The van der Waals surface area contributed by atoms with Crippen molar-refractivity contribution in [2.24, 2.45) is 0 Å². The van der Waals surface area contributed by atoms with Crippen molar-refractivity contribution in [3.05, 3.63) is 186 Å². The van der Waals surface area contributed by atoms with Crippen molar-refractivity contribution in [1.82, 2.24) is 92.1 Å². The summed E-state index contributed by atoms with van der Waals surface area (Å²) >= 11 is 0. The molecule has 10 aliphatic rings. The number of hydrogen-bond acceptors (Lipinski definition) is 30. The Morgan fingerprint density at radius 2 is 0.690 bits per heavy atom. The largest absolute Gasteiger partial charge is 0.358 e. The highest BCUT2D eigenvalue weighted by Crippen LogP contribution is 2.47. The molecule has 6 N–H and O–H groups in total. The first kappa shape index (κ1) is 110. The van der Waals surface area contributed by atoms with E-state index < -0.39 is 90.7 Å². The van der Waals surface area contributed by atoms with E-state index in [1.165, 1.54) is 133 Å². The molecule has 0 bridgehead atoms. The highest BCUT2D eigenvalue weighted by molar-refractivity contribution is 7.90. The van der Waals surface area contributed by atoms with Crippen molar-refractivity contribution >= 4 is 90.8 Å². The van der Waals surface area contributed by atoms with Gasteiger partial charge >= 0.3 is 0 Å². The second kappa shape index (κ2) is 45.9. The average molecular weight is 2060 g/mol. The lowest BCUT2D eigenvalue weighted by molar-refractivity contribution is -0.122. The number of piperidine rings is 5. The van der Waals surface area contributed by atoms with Crippen molar-refractivity contribution in [1.29, 1.82) is 0 Å². The number of carbonyl (C=O) groups excluding carboxylic acids is 7. The van der Waals surface area contributed by atoms with E-state index in [9.17, 15) is 75.7 Å². The Hall–Kier alpha value is -9.08. The number of benzene rings is 5. The van der Waals surface area contributed by atoms with Crippen LogP contribution >= 0.6 is 0 Å². The molecule has 2 amide bonds. The number of likely N-dealkylation sites (N-methyl/N-ethyl adjacent to an activating group) is 2. The molecule has 7 aromatic rings. The number of aromatic amines is 2. The van der Waals surface area contributed by atoms with Crippen LogP contribution in [0.15, 0.2) is 171 Å². The molecule has 5 aromatic carbocycles. The number of Topliss-reactive ketones (excluding diaryl/α,β-unsaturated/α-hetero) is 5. The molecular weight excluding hydrogens is 1920 g/mol. The first-order chi connectivity index (χ1) is 67.1. The van der Waals surface area contributed by atoms with E-state index in [0.29, 0.717) is 162 Å². The van der Waals surface area contributed by atoms with Gasteiger partial charge in [0, 0.05) is 168 Å². The van der Waals surface area contributed by atoms with Gasteiger partial charge in [0.25, 0.3) is 0 Å². The lowest BCUT2D eigenvalue weighted by atomic mass is 9.98. The van der Waals surface area contributed by atoms with Gasteiger partial charge in [0.1, 0.15) is 40.6 Å². The number of aromatic nitrogens is 4. The molecular formula is C98H139N19O20S5. The van der Waals surface area contributed by atoms with Crippen LogP contribution < -0.4 is 21.3 Å². The molecule has 12 heterocycles. The fourth-order valence-electron chi connectivity index (χ4n) is 20.5. The predicted octanol–water partition coefficient (Wildman–Crippen LogP) is 5.80. The highest BCUT2D eigenvalue weighted by Gasteiger charge is 2.61. The summed E-state index contributed by atoms with van der Waals surface area (Å²) in [5, 5.41) is 12.5. The van der Waals surface area contributed by atoms with E-state index >= 15 is 0 Å². The number of unbranched alkanes of at least 4 members (excludes halogenated alkanes) is 1. The lowest BCUT2D eigenvalue weighted by Gasteiger charge is -2.43. The Kier molecular flexibility index (Phi) is 35.6. The van der Waals surface area contributed by atoms with Crippen LogP contribution in [-0.4, -0.2) is 381 Å². The summed E-state index contributed by atoms with van der Waals surface area (Å²) in [6, 6.07) is 28.5. The summed E-state index contributed by atoms with van der Waals surface area (Å²) in [6.45, 7) is 18.0. The maximum Gasteiger partial charge on any atom is 0.245 e. The first-order valence-electron chi connectivity index (χ1n) is 48.3. The van der Waals surface area contributed by atoms with Gasteiger partial charge < -0.3 is 74.8 Å². The number of nitrogens with zero attached hydrogens (tertiary/aromatic N) is 13. The summed E-state index contributed by atoms with van der Waals surface area (Å²) in [7, 11) is -1.17. The number of likely N-dealkylation sites (tertiary alicyclic amines) is 3. The summed E-state index contributed by atoms with van der Waals surface area (Å²) in [5.41, 5.74) is -0.507. The van der Waals surface area contributed by atoms with Gasteiger partial charge in [0.15, 0.2) is 28.9 Å². The molecule has 5 spiro atoms. The standard InChI is InChI=1S/C22H35N3O4S.C20H25N5O4S.C19H23N5O4S.C19H29N3O4S.C18H27N3O4S/c1-18(26)19-8-10-21(11-9-19)30(27,28)25-20(7-5-6-14-23(2)3)17-29-22(25)12-15-24(4)16-13-22;1-14(26)15-3-5-17(6-4-15)30(28,29)25-18(11-16-12-21-13-22-16)19(27)23-20(25)7-9-24(2)10-8-20;1-13(25)14-2-4-16(5-3-14)29(27,28)24-17(10-15-11-21-12-22-15)18(26)23-19(24)6-8-20-9-7-19;1-15(23)16-5-7-18(8-6-16)27(24,25)22-14-17(13-20(2)3)26-19(22)9-11-21(4)12-10-19;1-14(22)15-4-6-17(7-5-15)26(23,24)21-13-16(12-20(2)3)25-18(21)8-10-19-11-9-18/h8-11,20H,5-7,12-17H2,1-4H3;3-6,12-13,18H,7-11H2,1-2H3,(H,21,22)(H,23,27);2-5,11-12,17,20H,6-10H2,1H3,(H,21,22)(H,23,26);5-8,17H,9-14H2,1-4H3;4-7,16,19H,8-13H2,1-3H3. The van der Waals surface area contributed by atoms with Crippen LogP contribution in [-0.2, 0) is 86.8 Å². The van der Waals surface area contributed by atoms with Crippen LogP contribution in [0.4, 0.5) is 0 Å². The molecule has 2 aromatic heterocycles. The molecule has 0 aliphatic carbocycles. The summed E-state index contributed by atoms with van der Waals surface area (Å²) < 4.78 is 162. The number of carbonyl (C=O) groups is 7. The van der Waals surface area contributed by atoms with Crippen molar-refractivity contribution in [2.45, 2.75) is 214 Å². The van der Waals surface area contributed by atoms with Crippen molar-refractivity contribution in [3.8, 4) is 0 Å². The van der Waals surface area contributed by atoms with E-state index in [-0.39, 0.29) is 96.3 Å². The van der Waals surface area contributed by atoms with Gasteiger partial charge in [-0.3, -0.25) is 33.6 Å². The van der Waals surface area contributed by atoms with Crippen LogP contribution in [0.25, 0.3) is 0 Å². The van der Waals surface area contributed by atoms with Crippen LogP contribution in [0.3, 0.4) is 0 Å². The van der Waals surface area contributed by atoms with Gasteiger partial charge in [-0.2, -0.15) is 21.5 Å². The summed E-state index contributed by atoms with van der Waals surface area (Å²) in [5.74, 6) is -1.14. The third-order valence-electron chi connectivity index (χ3n) is 28.2. The van der Waals surface area contributed by atoms with Gasteiger partial charge in [-0.15, -0.1) is 0 Å². The molecule has 5 unspecified atom stereocenters. The molecule has 0 saturated carbocycles. The maximum absolute atomic E-state index is 13.8. The number of rotatable bonds is 28. The average Bonchev–Trinajstić information content (AvgIpc) is 1.59. The number of nitrogens with one attached hydrogen (secondary N) is 6. The number of ketones is 5. The van der Waals surface area contributed by atoms with E-state index in [1.54, 1.807) is 69.5 Å². The Morgan fingerprint density at radius 3 is 1.01 bits per heavy atom. The quantitative estimate of drug-likeness (QED) is 0.0249. The fourth-order valence-corrected chi connectivity index (χ4v) is 29.7. The van der Waals surface area contributed by atoms with E-state index in [4.69, 9.17) is 14.2 Å². The second-order valence-corrected chi connectivity index (χ2v) is 48.7. The molecule has 17 rings (SSSR count). The second-order valence-electron chi connectivity index (χ2n) is 39.5. The van der Waals surface area contributed by atoms with Crippen LogP contribution in [0.2, 0.25) is 0 Å². The highest BCUT2D eigenvalue weighted by atomic mass is 32.2. The normalized spacial score (nSPS) is 22.9. The number of hydrogen-bond donors (Lipinski definition) is 6. The molecule has 0 radical (unpaired) electrons. The predicted molar refractivity (Wildman–Crippen MR) is 533 cm³/mol. The molecule has 5 atom stereocenters. The van der Waals surface area contributed by atoms with Gasteiger partial charge in [-0.1, -0.05) is 67.1 Å². The Balaban J connectivity index is 0.000000149. The number of imidazole rings is 2. The van der Waals surface area contributed by atoms with Gasteiger partial charge in [-0.25, -0.2) is 52.1 Å². The molecule has 44 heteroatoms. The minimum absolute atomic E-state index is 0.0616. The van der Waals surface area contributed by atoms with E-state index in [2.05, 4.69) is 67.9 Å². The van der Waals surface area contributed by atoms with E-state index in [1.807, 2.05) is 66.2 Å². The fraction of sp³-hybridized carbons (Fsp3) is 0.561. The molecule has 776 valence electrons. The van der Waals surface area contributed by atoms with Crippen LogP contribution in [0.1, 0.15) is 181 Å². The zero-order valence-corrected chi connectivity index (χ0v) is 87.8. The minimum Gasteiger partial charge on any atom is -0.358 e. The third-order valence-corrected chi connectivity index (χ3v) is 38.1. The Labute approximate surface area is 835 Å². The Bertz CT molecular complexity index is 6150. The number of sulfonamides is 5.